The maximum atomic E-state index is 13.6. The van der Waals surface area contributed by atoms with Gasteiger partial charge in [-0.2, -0.15) is 0 Å². The first kappa shape index (κ1) is 26.1. The van der Waals surface area contributed by atoms with Crippen LogP contribution >= 0.6 is 0 Å². The van der Waals surface area contributed by atoms with E-state index in [-0.39, 0.29) is 36.6 Å². The molecule has 1 atom stereocenters. The summed E-state index contributed by atoms with van der Waals surface area (Å²) in [5, 5.41) is 2.99. The molecule has 184 valence electrons. The van der Waals surface area contributed by atoms with E-state index in [4.69, 9.17) is 0 Å². The second-order valence-corrected chi connectivity index (χ2v) is 9.19. The first-order chi connectivity index (χ1) is 16.9. The maximum absolute atomic E-state index is 13.6. The first-order valence-corrected chi connectivity index (χ1v) is 12.3. The van der Waals surface area contributed by atoms with Crippen molar-refractivity contribution in [3.05, 3.63) is 107 Å². The van der Waals surface area contributed by atoms with Crippen molar-refractivity contribution in [1.29, 1.82) is 0 Å². The van der Waals surface area contributed by atoms with Crippen LogP contribution in [0.5, 0.6) is 0 Å². The zero-order valence-electron chi connectivity index (χ0n) is 20.8. The summed E-state index contributed by atoms with van der Waals surface area (Å²) in [6, 6.07) is 23.4. The van der Waals surface area contributed by atoms with Gasteiger partial charge in [0.05, 0.1) is 0 Å². The number of nitrogens with zero attached hydrogens (tertiary/aromatic N) is 1. The van der Waals surface area contributed by atoms with Gasteiger partial charge in [0.25, 0.3) is 0 Å². The minimum atomic E-state index is -0.681. The highest BCUT2D eigenvalue weighted by molar-refractivity contribution is 5.88. The van der Waals surface area contributed by atoms with Crippen LogP contribution in [-0.2, 0) is 35.4 Å². The van der Waals surface area contributed by atoms with Crippen molar-refractivity contribution >= 4 is 11.8 Å². The Kier molecular flexibility index (Phi) is 9.59. The van der Waals surface area contributed by atoms with Gasteiger partial charge in [0.2, 0.25) is 11.8 Å². The van der Waals surface area contributed by atoms with E-state index in [1.165, 1.54) is 17.7 Å². The third kappa shape index (κ3) is 8.06. The number of nitrogens with one attached hydrogen (secondary N) is 1. The van der Waals surface area contributed by atoms with Crippen molar-refractivity contribution in [2.24, 2.45) is 0 Å². The molecule has 4 nitrogen and oxygen atoms in total. The van der Waals surface area contributed by atoms with Gasteiger partial charge in [-0.15, -0.1) is 0 Å². The molecule has 0 fully saturated rings. The first-order valence-electron chi connectivity index (χ1n) is 12.3. The lowest BCUT2D eigenvalue weighted by Gasteiger charge is -2.32. The molecule has 0 spiro atoms. The molecule has 3 rings (SSSR count). The molecule has 3 aromatic rings. The Hall–Kier alpha value is -3.47. The number of hydrogen-bond acceptors (Lipinski definition) is 2. The summed E-state index contributed by atoms with van der Waals surface area (Å²) in [5.74, 6) is -0.624. The van der Waals surface area contributed by atoms with Crippen LogP contribution in [0.3, 0.4) is 0 Å². The van der Waals surface area contributed by atoms with Crippen molar-refractivity contribution in [3.63, 3.8) is 0 Å². The second kappa shape index (κ2) is 12.8. The molecule has 0 aliphatic heterocycles. The average Bonchev–Trinajstić information content (AvgIpc) is 2.86. The van der Waals surface area contributed by atoms with Crippen molar-refractivity contribution in [3.8, 4) is 0 Å². The molecule has 0 saturated carbocycles. The Balaban J connectivity index is 1.87. The van der Waals surface area contributed by atoms with Crippen LogP contribution in [0.4, 0.5) is 4.39 Å². The molecule has 0 aliphatic carbocycles. The van der Waals surface area contributed by atoms with Crippen LogP contribution in [-0.4, -0.2) is 28.8 Å². The van der Waals surface area contributed by atoms with E-state index in [0.29, 0.717) is 12.8 Å². The summed E-state index contributed by atoms with van der Waals surface area (Å²) in [5.41, 5.74) is 4.10. The van der Waals surface area contributed by atoms with E-state index < -0.39 is 6.04 Å². The Morgan fingerprint density at radius 2 is 1.43 bits per heavy atom. The van der Waals surface area contributed by atoms with Crippen LogP contribution in [0.25, 0.3) is 0 Å². The number of halogens is 1. The molecule has 5 heteroatoms. The van der Waals surface area contributed by atoms with Crippen LogP contribution in [0.15, 0.2) is 78.9 Å². The number of aryl methyl sites for hydroxylation is 2. The summed E-state index contributed by atoms with van der Waals surface area (Å²) < 4.78 is 13.5. The molecule has 0 unspecified atom stereocenters. The van der Waals surface area contributed by atoms with Gasteiger partial charge in [-0.05, 0) is 61.1 Å². The molecule has 0 heterocycles. The lowest BCUT2D eigenvalue weighted by Crippen LogP contribution is -2.51. The van der Waals surface area contributed by atoms with E-state index in [9.17, 15) is 14.0 Å². The number of carbonyl (C=O) groups is 2. The van der Waals surface area contributed by atoms with Gasteiger partial charge in [0, 0.05) is 25.4 Å². The molecular formula is C30H35FN2O2. The predicted octanol–water partition coefficient (Wildman–Crippen LogP) is 5.49. The molecule has 0 saturated heterocycles. The average molecular weight is 475 g/mol. The fourth-order valence-corrected chi connectivity index (χ4v) is 4.06. The topological polar surface area (TPSA) is 49.4 Å². The number of benzene rings is 3. The summed E-state index contributed by atoms with van der Waals surface area (Å²) in [6.07, 6.45) is 2.24. The normalized spacial score (nSPS) is 11.8. The van der Waals surface area contributed by atoms with Gasteiger partial charge < -0.3 is 10.2 Å². The Labute approximate surface area is 208 Å². The molecule has 0 aliphatic rings. The zero-order chi connectivity index (χ0) is 25.2. The minimum Gasteiger partial charge on any atom is -0.352 e. The Bertz CT molecular complexity index is 1080. The van der Waals surface area contributed by atoms with E-state index in [1.54, 1.807) is 17.0 Å². The number of carbonyl (C=O) groups excluding carboxylic acids is 2. The summed E-state index contributed by atoms with van der Waals surface area (Å²) in [6.45, 7) is 6.16. The van der Waals surface area contributed by atoms with Gasteiger partial charge in [0.15, 0.2) is 0 Å². The molecule has 2 amide bonds. The predicted molar refractivity (Wildman–Crippen MR) is 138 cm³/mol. The summed E-state index contributed by atoms with van der Waals surface area (Å²) in [7, 11) is 0. The number of rotatable bonds is 11. The van der Waals surface area contributed by atoms with Crippen molar-refractivity contribution in [2.75, 3.05) is 0 Å². The van der Waals surface area contributed by atoms with Crippen molar-refractivity contribution < 1.29 is 14.0 Å². The van der Waals surface area contributed by atoms with Crippen molar-refractivity contribution in [1.82, 2.24) is 10.2 Å². The number of hydrogen-bond donors (Lipinski definition) is 1. The van der Waals surface area contributed by atoms with E-state index in [2.05, 4.69) is 36.5 Å². The smallest absolute Gasteiger partial charge is 0.243 e. The lowest BCUT2D eigenvalue weighted by molar-refractivity contribution is -0.141. The SMILES string of the molecule is CCc1ccc(CCC(=O)N(Cc2ccc(F)cc2)[C@H](Cc2ccccc2)C(=O)NC(C)C)cc1. The molecule has 35 heavy (non-hydrogen) atoms. The third-order valence-electron chi connectivity index (χ3n) is 6.03. The highest BCUT2D eigenvalue weighted by Gasteiger charge is 2.30. The van der Waals surface area contributed by atoms with E-state index in [0.717, 1.165) is 23.1 Å². The second-order valence-electron chi connectivity index (χ2n) is 9.19. The van der Waals surface area contributed by atoms with Crippen molar-refractivity contribution in [2.45, 2.75) is 65.1 Å². The third-order valence-corrected chi connectivity index (χ3v) is 6.03. The molecule has 0 bridgehead atoms. The molecule has 1 N–H and O–H groups in total. The Morgan fingerprint density at radius 1 is 0.829 bits per heavy atom. The molecular weight excluding hydrogens is 439 g/mol. The zero-order valence-corrected chi connectivity index (χ0v) is 20.8. The monoisotopic (exact) mass is 474 g/mol. The van der Waals surface area contributed by atoms with E-state index >= 15 is 0 Å². The highest BCUT2D eigenvalue weighted by Crippen LogP contribution is 2.18. The lowest BCUT2D eigenvalue weighted by atomic mass is 10.0. The number of amides is 2. The van der Waals surface area contributed by atoms with Crippen LogP contribution in [0.2, 0.25) is 0 Å². The summed E-state index contributed by atoms with van der Waals surface area (Å²) >= 11 is 0. The largest absolute Gasteiger partial charge is 0.352 e. The van der Waals surface area contributed by atoms with E-state index in [1.807, 2.05) is 44.2 Å². The highest BCUT2D eigenvalue weighted by atomic mass is 19.1. The molecule has 3 aromatic carbocycles. The van der Waals surface area contributed by atoms with Gasteiger partial charge in [-0.1, -0.05) is 73.7 Å². The quantitative estimate of drug-likeness (QED) is 0.400. The maximum Gasteiger partial charge on any atom is 0.243 e. The van der Waals surface area contributed by atoms with Crippen LogP contribution in [0.1, 0.15) is 49.4 Å². The van der Waals surface area contributed by atoms with Crippen LogP contribution in [0, 0.1) is 5.82 Å². The Morgan fingerprint density at radius 3 is 2.03 bits per heavy atom. The minimum absolute atomic E-state index is 0.0550. The molecule has 0 aromatic heterocycles. The fourth-order valence-electron chi connectivity index (χ4n) is 4.06. The summed E-state index contributed by atoms with van der Waals surface area (Å²) in [4.78, 5) is 28.6. The fraction of sp³-hybridized carbons (Fsp3) is 0.333. The van der Waals surface area contributed by atoms with Gasteiger partial charge >= 0.3 is 0 Å². The van der Waals surface area contributed by atoms with Gasteiger partial charge in [-0.25, -0.2) is 4.39 Å². The van der Waals surface area contributed by atoms with Crippen LogP contribution < -0.4 is 5.32 Å². The standard InChI is InChI=1S/C30H35FN2O2/c1-4-23-10-12-24(13-11-23)16-19-29(34)33(21-26-14-17-27(31)18-15-26)28(30(35)32-22(2)3)20-25-8-6-5-7-9-25/h5-15,17-18,22,28H,4,16,19-21H2,1-3H3,(H,32,35)/t28-/m1/s1. The molecule has 0 radical (unpaired) electrons. The van der Waals surface area contributed by atoms with Gasteiger partial charge in [0.1, 0.15) is 11.9 Å². The van der Waals surface area contributed by atoms with Gasteiger partial charge in [-0.3, -0.25) is 9.59 Å².